The second-order valence-corrected chi connectivity index (χ2v) is 4.69. The van der Waals surface area contributed by atoms with Crippen LogP contribution in [0.5, 0.6) is 0 Å². The molecule has 0 radical (unpaired) electrons. The highest BCUT2D eigenvalue weighted by Crippen LogP contribution is 2.06. The average molecular weight is 407 g/mol. The third kappa shape index (κ3) is 5.45. The maximum absolute atomic E-state index is 4.92. The fraction of sp³-hybridized carbons (Fsp3) is 0.417. The smallest absolute Gasteiger partial charge is 0.223 e. The molecule has 6 nitrogen and oxygen atoms in total. The lowest BCUT2D eigenvalue weighted by atomic mass is 10.3. The number of guanidine groups is 1. The lowest BCUT2D eigenvalue weighted by Gasteiger charge is -2.09. The molecule has 0 amide bonds. The lowest BCUT2D eigenvalue weighted by molar-refractivity contribution is 0.387. The number of thiophene rings is 1. The summed E-state index contributed by atoms with van der Waals surface area (Å²) in [6.45, 7) is 5.75. The van der Waals surface area contributed by atoms with E-state index < -0.39 is 0 Å². The van der Waals surface area contributed by atoms with Crippen LogP contribution >= 0.6 is 35.3 Å². The first kappa shape index (κ1) is 16.9. The molecule has 0 aliphatic heterocycles. The van der Waals surface area contributed by atoms with Gasteiger partial charge in [-0.25, -0.2) is 4.99 Å². The number of aryl methyl sites for hydroxylation is 1. The zero-order chi connectivity index (χ0) is 13.5. The zero-order valence-electron chi connectivity index (χ0n) is 11.4. The predicted molar refractivity (Wildman–Crippen MR) is 90.4 cm³/mol. The van der Waals surface area contributed by atoms with E-state index in [1.54, 1.807) is 18.3 Å². The molecule has 0 bridgehead atoms. The summed E-state index contributed by atoms with van der Waals surface area (Å²) in [4.78, 5) is 8.62. The molecule has 2 rings (SSSR count). The minimum atomic E-state index is 0. The van der Waals surface area contributed by atoms with E-state index in [-0.39, 0.29) is 24.0 Å². The highest BCUT2D eigenvalue weighted by Gasteiger charge is 2.03. The molecule has 0 aromatic carbocycles. The number of aromatic nitrogens is 2. The monoisotopic (exact) mass is 407 g/mol. The molecule has 8 heteroatoms. The molecule has 0 saturated carbocycles. The van der Waals surface area contributed by atoms with Crippen molar-refractivity contribution in [3.05, 3.63) is 34.1 Å². The van der Waals surface area contributed by atoms with E-state index in [9.17, 15) is 0 Å². The number of rotatable bonds is 5. The Labute approximate surface area is 139 Å². The summed E-state index contributed by atoms with van der Waals surface area (Å²) in [7, 11) is 0. The van der Waals surface area contributed by atoms with E-state index in [2.05, 4.69) is 37.2 Å². The molecule has 0 atom stereocenters. The minimum absolute atomic E-state index is 0. The first-order chi connectivity index (χ1) is 9.28. The highest BCUT2D eigenvalue weighted by molar-refractivity contribution is 14.0. The number of nitrogens with one attached hydrogen (secondary N) is 2. The Kier molecular flexibility index (Phi) is 7.52. The normalized spacial score (nSPS) is 11.0. The molecule has 0 saturated heterocycles. The quantitative estimate of drug-likeness (QED) is 0.452. The van der Waals surface area contributed by atoms with Crippen molar-refractivity contribution in [3.8, 4) is 0 Å². The molecule has 2 N–H and O–H groups in total. The van der Waals surface area contributed by atoms with Gasteiger partial charge in [0.25, 0.3) is 0 Å². The second-order valence-electron chi connectivity index (χ2n) is 3.91. The number of hydrogen-bond acceptors (Lipinski definition) is 5. The van der Waals surface area contributed by atoms with Gasteiger partial charge in [-0.1, -0.05) is 5.16 Å². The van der Waals surface area contributed by atoms with Crippen molar-refractivity contribution in [2.75, 3.05) is 6.54 Å². The van der Waals surface area contributed by atoms with Crippen molar-refractivity contribution in [2.45, 2.75) is 26.9 Å². The van der Waals surface area contributed by atoms with Crippen molar-refractivity contribution < 1.29 is 4.52 Å². The molecule has 2 heterocycles. The Hall–Kier alpha value is -1.16. The Morgan fingerprint density at radius 2 is 2.30 bits per heavy atom. The van der Waals surface area contributed by atoms with Gasteiger partial charge < -0.3 is 15.2 Å². The topological polar surface area (TPSA) is 75.3 Å². The molecule has 0 aliphatic carbocycles. The van der Waals surface area contributed by atoms with Crippen molar-refractivity contribution in [2.24, 2.45) is 4.99 Å². The number of aliphatic imine (C=N–C) groups is 1. The van der Waals surface area contributed by atoms with E-state index in [0.29, 0.717) is 24.8 Å². The van der Waals surface area contributed by atoms with Gasteiger partial charge in [-0.3, -0.25) is 0 Å². The maximum Gasteiger partial charge on any atom is 0.223 e. The van der Waals surface area contributed by atoms with Gasteiger partial charge in [0, 0.05) is 13.5 Å². The molecule has 2 aromatic rings. The van der Waals surface area contributed by atoms with Gasteiger partial charge in [0.1, 0.15) is 0 Å². The maximum atomic E-state index is 4.92. The summed E-state index contributed by atoms with van der Waals surface area (Å²) in [6, 6.07) is 2.07. The predicted octanol–water partition coefficient (Wildman–Crippen LogP) is 2.31. The van der Waals surface area contributed by atoms with Crippen LogP contribution in [-0.2, 0) is 13.1 Å². The number of halogens is 1. The first-order valence-corrected chi connectivity index (χ1v) is 7.04. The van der Waals surface area contributed by atoms with E-state index in [1.165, 1.54) is 5.56 Å². The van der Waals surface area contributed by atoms with Crippen LogP contribution in [0.2, 0.25) is 0 Å². The lowest BCUT2D eigenvalue weighted by Crippen LogP contribution is -2.37. The second kappa shape index (κ2) is 8.90. The summed E-state index contributed by atoms with van der Waals surface area (Å²) < 4.78 is 4.92. The van der Waals surface area contributed by atoms with Gasteiger partial charge in [-0.15, -0.1) is 24.0 Å². The minimum Gasteiger partial charge on any atom is -0.357 e. The van der Waals surface area contributed by atoms with Crippen LogP contribution in [0.4, 0.5) is 0 Å². The van der Waals surface area contributed by atoms with Crippen LogP contribution in [0, 0.1) is 6.92 Å². The molecule has 20 heavy (non-hydrogen) atoms. The number of nitrogens with zero attached hydrogens (tertiary/aromatic N) is 3. The van der Waals surface area contributed by atoms with Crippen molar-refractivity contribution in [1.82, 2.24) is 20.8 Å². The van der Waals surface area contributed by atoms with Crippen LogP contribution in [0.25, 0.3) is 0 Å². The summed E-state index contributed by atoms with van der Waals surface area (Å²) in [5, 5.41) is 14.3. The molecule has 0 unspecified atom stereocenters. The van der Waals surface area contributed by atoms with E-state index in [4.69, 9.17) is 4.52 Å². The van der Waals surface area contributed by atoms with Crippen LogP contribution in [-0.4, -0.2) is 22.6 Å². The van der Waals surface area contributed by atoms with E-state index >= 15 is 0 Å². The van der Waals surface area contributed by atoms with Gasteiger partial charge in [0.15, 0.2) is 11.8 Å². The molecule has 2 aromatic heterocycles. The largest absolute Gasteiger partial charge is 0.357 e. The first-order valence-electron chi connectivity index (χ1n) is 6.10. The Morgan fingerprint density at radius 1 is 1.45 bits per heavy atom. The van der Waals surface area contributed by atoms with Gasteiger partial charge in [0.2, 0.25) is 5.89 Å². The molecule has 0 spiro atoms. The van der Waals surface area contributed by atoms with Crippen molar-refractivity contribution in [3.63, 3.8) is 0 Å². The third-order valence-electron chi connectivity index (χ3n) is 2.33. The Bertz CT molecular complexity index is 526. The zero-order valence-corrected chi connectivity index (χ0v) is 14.6. The van der Waals surface area contributed by atoms with Gasteiger partial charge >= 0.3 is 0 Å². The molecular weight excluding hydrogens is 389 g/mol. The Morgan fingerprint density at radius 3 is 2.90 bits per heavy atom. The van der Waals surface area contributed by atoms with E-state index in [0.717, 1.165) is 12.5 Å². The fourth-order valence-corrected chi connectivity index (χ4v) is 2.13. The van der Waals surface area contributed by atoms with Crippen molar-refractivity contribution in [1.29, 1.82) is 0 Å². The summed E-state index contributed by atoms with van der Waals surface area (Å²) >= 11 is 1.68. The van der Waals surface area contributed by atoms with Crippen LogP contribution in [0.15, 0.2) is 26.3 Å². The van der Waals surface area contributed by atoms with Crippen LogP contribution in [0.1, 0.15) is 24.2 Å². The summed E-state index contributed by atoms with van der Waals surface area (Å²) in [5.41, 5.74) is 1.21. The molecule has 110 valence electrons. The number of hydrogen-bond donors (Lipinski definition) is 2. The van der Waals surface area contributed by atoms with E-state index in [1.807, 2.05) is 12.3 Å². The standard InChI is InChI=1S/C12H17N5OS.HI/c1-3-13-12(14-6-10-4-5-19-8-10)15-7-11-16-9(2)18-17-11;/h4-5,8H,3,6-7H2,1-2H3,(H2,13,14,15);1H. The summed E-state index contributed by atoms with van der Waals surface area (Å²) in [6.07, 6.45) is 0. The molecule has 0 aliphatic rings. The fourth-order valence-electron chi connectivity index (χ4n) is 1.47. The Balaban J connectivity index is 0.00000200. The highest BCUT2D eigenvalue weighted by atomic mass is 127. The van der Waals surface area contributed by atoms with Gasteiger partial charge in [0.05, 0.1) is 13.1 Å². The van der Waals surface area contributed by atoms with Crippen molar-refractivity contribution >= 4 is 41.3 Å². The average Bonchev–Trinajstić information content (AvgIpc) is 3.04. The SMILES string of the molecule is CCNC(=NCc1ccsc1)NCc1noc(C)n1.I. The van der Waals surface area contributed by atoms with Crippen LogP contribution < -0.4 is 10.6 Å². The molecule has 0 fully saturated rings. The summed E-state index contributed by atoms with van der Waals surface area (Å²) in [5.74, 6) is 1.94. The van der Waals surface area contributed by atoms with Crippen LogP contribution in [0.3, 0.4) is 0 Å². The molecular formula is C12H18IN5OS. The third-order valence-corrected chi connectivity index (χ3v) is 3.06. The van der Waals surface area contributed by atoms with Gasteiger partial charge in [-0.05, 0) is 29.3 Å². The van der Waals surface area contributed by atoms with Gasteiger partial charge in [-0.2, -0.15) is 16.3 Å².